The Kier molecular flexibility index (Phi) is 4.99. The number of piperidine rings is 1. The summed E-state index contributed by atoms with van der Waals surface area (Å²) in [6.45, 7) is 7.58. The molecule has 0 atom stereocenters. The molecule has 1 aliphatic heterocycles. The summed E-state index contributed by atoms with van der Waals surface area (Å²) in [5.41, 5.74) is 4.92. The normalized spacial score (nSPS) is 19.1. The number of rotatable bonds is 4. The van der Waals surface area contributed by atoms with Gasteiger partial charge in [-0.05, 0) is 31.6 Å². The van der Waals surface area contributed by atoms with Gasteiger partial charge in [0.05, 0.1) is 0 Å². The molecule has 1 fully saturated rings. The predicted molar refractivity (Wildman–Crippen MR) is 71.4 cm³/mol. The van der Waals surface area contributed by atoms with Crippen LogP contribution in [0.15, 0.2) is 5.16 Å². The second kappa shape index (κ2) is 6.07. The van der Waals surface area contributed by atoms with Gasteiger partial charge in [0, 0.05) is 13.1 Å². The summed E-state index contributed by atoms with van der Waals surface area (Å²) in [6, 6.07) is 0. The van der Waals surface area contributed by atoms with Gasteiger partial charge in [0.15, 0.2) is 5.84 Å². The van der Waals surface area contributed by atoms with Crippen LogP contribution in [0.25, 0.3) is 0 Å². The van der Waals surface area contributed by atoms with Crippen molar-refractivity contribution < 1.29 is 10.0 Å². The number of oxime groups is 1. The lowest BCUT2D eigenvalue weighted by Crippen LogP contribution is -2.52. The summed E-state index contributed by atoms with van der Waals surface area (Å²) in [5, 5.41) is 12.0. The average Bonchev–Trinajstić information content (AvgIpc) is 2.41. The Morgan fingerprint density at radius 1 is 1.39 bits per heavy atom. The summed E-state index contributed by atoms with van der Waals surface area (Å²) in [6.07, 6.45) is 3.19. The minimum atomic E-state index is -0.838. The first-order valence-electron chi connectivity index (χ1n) is 6.79. The molecule has 0 aromatic rings. The van der Waals surface area contributed by atoms with Gasteiger partial charge in [-0.1, -0.05) is 25.9 Å². The summed E-state index contributed by atoms with van der Waals surface area (Å²) in [7, 11) is 0. The molecule has 1 aliphatic rings. The largest absolute Gasteiger partial charge is 0.409 e. The molecule has 104 valence electrons. The van der Waals surface area contributed by atoms with E-state index in [1.807, 2.05) is 18.7 Å². The number of hydrogen-bond acceptors (Lipinski definition) is 3. The van der Waals surface area contributed by atoms with Crippen molar-refractivity contribution in [2.75, 3.05) is 13.1 Å². The Bertz CT molecular complexity index is 316. The van der Waals surface area contributed by atoms with Gasteiger partial charge in [-0.25, -0.2) is 0 Å². The van der Waals surface area contributed by atoms with E-state index in [4.69, 9.17) is 10.9 Å². The SMILES string of the molecule is CCC(CC)(C(=O)N1CCC(C)CC1)C(N)=NO. The number of carbonyl (C=O) groups is 1. The average molecular weight is 255 g/mol. The fourth-order valence-corrected chi connectivity index (χ4v) is 2.63. The van der Waals surface area contributed by atoms with Crippen LogP contribution in [0.5, 0.6) is 0 Å². The number of nitrogens with two attached hydrogens (primary N) is 1. The molecule has 1 amide bonds. The highest BCUT2D eigenvalue weighted by Gasteiger charge is 2.42. The number of likely N-dealkylation sites (tertiary alicyclic amines) is 1. The predicted octanol–water partition coefficient (Wildman–Crippen LogP) is 1.80. The highest BCUT2D eigenvalue weighted by molar-refractivity contribution is 6.06. The van der Waals surface area contributed by atoms with Gasteiger partial charge in [0.25, 0.3) is 0 Å². The highest BCUT2D eigenvalue weighted by atomic mass is 16.4. The van der Waals surface area contributed by atoms with Crippen LogP contribution >= 0.6 is 0 Å². The van der Waals surface area contributed by atoms with Crippen LogP contribution in [0, 0.1) is 11.3 Å². The number of hydrogen-bond donors (Lipinski definition) is 2. The molecule has 0 unspecified atom stereocenters. The Morgan fingerprint density at radius 2 is 1.89 bits per heavy atom. The Labute approximate surface area is 109 Å². The van der Waals surface area contributed by atoms with Crippen LogP contribution in [-0.4, -0.2) is 34.9 Å². The quantitative estimate of drug-likeness (QED) is 0.348. The molecule has 0 saturated carbocycles. The zero-order valence-electron chi connectivity index (χ0n) is 11.6. The molecule has 0 radical (unpaired) electrons. The van der Waals surface area contributed by atoms with Gasteiger partial charge in [-0.3, -0.25) is 4.79 Å². The number of amidine groups is 1. The third-order valence-corrected chi connectivity index (χ3v) is 4.29. The van der Waals surface area contributed by atoms with Crippen molar-refractivity contribution in [3.8, 4) is 0 Å². The third kappa shape index (κ3) is 2.60. The first kappa shape index (κ1) is 14.8. The fraction of sp³-hybridized carbons (Fsp3) is 0.846. The van der Waals surface area contributed by atoms with Crippen molar-refractivity contribution >= 4 is 11.7 Å². The fourth-order valence-electron chi connectivity index (χ4n) is 2.63. The molecule has 5 nitrogen and oxygen atoms in total. The van der Waals surface area contributed by atoms with E-state index < -0.39 is 5.41 Å². The van der Waals surface area contributed by atoms with Gasteiger partial charge in [0.2, 0.25) is 5.91 Å². The summed E-state index contributed by atoms with van der Waals surface area (Å²) in [5.74, 6) is 0.724. The molecular formula is C13H25N3O2. The summed E-state index contributed by atoms with van der Waals surface area (Å²) < 4.78 is 0. The maximum atomic E-state index is 12.6. The zero-order chi connectivity index (χ0) is 13.8. The first-order valence-corrected chi connectivity index (χ1v) is 6.79. The van der Waals surface area contributed by atoms with E-state index in [-0.39, 0.29) is 11.7 Å². The van der Waals surface area contributed by atoms with E-state index in [2.05, 4.69) is 12.1 Å². The Balaban J connectivity index is 2.90. The lowest BCUT2D eigenvalue weighted by Gasteiger charge is -2.38. The van der Waals surface area contributed by atoms with Crippen molar-refractivity contribution in [3.63, 3.8) is 0 Å². The monoisotopic (exact) mass is 255 g/mol. The van der Waals surface area contributed by atoms with Crippen molar-refractivity contribution in [2.24, 2.45) is 22.2 Å². The van der Waals surface area contributed by atoms with E-state index in [9.17, 15) is 4.79 Å². The minimum absolute atomic E-state index is 0.00898. The topological polar surface area (TPSA) is 78.9 Å². The van der Waals surface area contributed by atoms with Gasteiger partial charge < -0.3 is 15.8 Å². The second-order valence-corrected chi connectivity index (χ2v) is 5.25. The third-order valence-electron chi connectivity index (χ3n) is 4.29. The maximum absolute atomic E-state index is 12.6. The van der Waals surface area contributed by atoms with Crippen LogP contribution in [-0.2, 0) is 4.79 Å². The van der Waals surface area contributed by atoms with E-state index in [0.29, 0.717) is 18.8 Å². The minimum Gasteiger partial charge on any atom is -0.409 e. The van der Waals surface area contributed by atoms with Crippen LogP contribution in [0.1, 0.15) is 46.5 Å². The molecule has 1 saturated heterocycles. The smallest absolute Gasteiger partial charge is 0.236 e. The lowest BCUT2D eigenvalue weighted by atomic mass is 9.79. The number of amides is 1. The van der Waals surface area contributed by atoms with Crippen molar-refractivity contribution in [1.82, 2.24) is 4.90 Å². The van der Waals surface area contributed by atoms with Crippen LogP contribution in [0.4, 0.5) is 0 Å². The van der Waals surface area contributed by atoms with E-state index in [1.54, 1.807) is 0 Å². The maximum Gasteiger partial charge on any atom is 0.236 e. The van der Waals surface area contributed by atoms with Crippen molar-refractivity contribution in [2.45, 2.75) is 46.5 Å². The highest BCUT2D eigenvalue weighted by Crippen LogP contribution is 2.31. The molecule has 1 heterocycles. The Morgan fingerprint density at radius 3 is 2.28 bits per heavy atom. The lowest BCUT2D eigenvalue weighted by molar-refractivity contribution is -0.140. The standard InChI is InChI=1S/C13H25N3O2/c1-4-13(5-2,11(14)15-18)12(17)16-8-6-10(3)7-9-16/h10,18H,4-9H2,1-3H3,(H2,14,15). The zero-order valence-corrected chi connectivity index (χ0v) is 11.6. The molecule has 3 N–H and O–H groups in total. The molecule has 5 heteroatoms. The van der Waals surface area contributed by atoms with Gasteiger partial charge in [-0.15, -0.1) is 0 Å². The van der Waals surface area contributed by atoms with E-state index in [0.717, 1.165) is 25.9 Å². The van der Waals surface area contributed by atoms with Crippen LogP contribution < -0.4 is 5.73 Å². The molecule has 0 bridgehead atoms. The summed E-state index contributed by atoms with van der Waals surface area (Å²) >= 11 is 0. The van der Waals surface area contributed by atoms with Crippen LogP contribution in [0.2, 0.25) is 0 Å². The molecule has 18 heavy (non-hydrogen) atoms. The van der Waals surface area contributed by atoms with Crippen molar-refractivity contribution in [3.05, 3.63) is 0 Å². The molecule has 0 aromatic carbocycles. The number of nitrogens with zero attached hydrogens (tertiary/aromatic N) is 2. The van der Waals surface area contributed by atoms with Crippen molar-refractivity contribution in [1.29, 1.82) is 0 Å². The summed E-state index contributed by atoms with van der Waals surface area (Å²) in [4.78, 5) is 14.5. The molecule has 0 aromatic heterocycles. The number of carbonyl (C=O) groups excluding carboxylic acids is 1. The first-order chi connectivity index (χ1) is 8.51. The van der Waals surface area contributed by atoms with Gasteiger partial charge >= 0.3 is 0 Å². The molecular weight excluding hydrogens is 230 g/mol. The van der Waals surface area contributed by atoms with E-state index >= 15 is 0 Å². The molecule has 0 aliphatic carbocycles. The van der Waals surface area contributed by atoms with Gasteiger partial charge in [-0.2, -0.15) is 0 Å². The van der Waals surface area contributed by atoms with Gasteiger partial charge in [0.1, 0.15) is 5.41 Å². The molecule has 0 spiro atoms. The second-order valence-electron chi connectivity index (χ2n) is 5.25. The molecule has 1 rings (SSSR count). The van der Waals surface area contributed by atoms with Crippen LogP contribution in [0.3, 0.4) is 0 Å². The van der Waals surface area contributed by atoms with E-state index in [1.165, 1.54) is 0 Å². The Hall–Kier alpha value is -1.26.